The van der Waals surface area contributed by atoms with Crippen molar-refractivity contribution in [2.45, 2.75) is 52.1 Å². The van der Waals surface area contributed by atoms with Gasteiger partial charge in [-0.2, -0.15) is 0 Å². The van der Waals surface area contributed by atoms with Gasteiger partial charge in [0.2, 0.25) is 11.8 Å². The van der Waals surface area contributed by atoms with Crippen LogP contribution >= 0.6 is 0 Å². The number of nitrogens with zero attached hydrogens (tertiary/aromatic N) is 1. The van der Waals surface area contributed by atoms with Crippen LogP contribution in [0.5, 0.6) is 0 Å². The molecule has 1 heterocycles. The molecule has 0 aliphatic carbocycles. The van der Waals surface area contributed by atoms with E-state index in [9.17, 15) is 18.0 Å². The van der Waals surface area contributed by atoms with Crippen molar-refractivity contribution in [3.63, 3.8) is 0 Å². The molecule has 122 valence electrons. The number of amides is 2. The largest absolute Gasteiger partial charge is 0.340 e. The van der Waals surface area contributed by atoms with E-state index in [2.05, 4.69) is 5.32 Å². The predicted molar refractivity (Wildman–Crippen MR) is 81.5 cm³/mol. The maximum atomic E-state index is 12.5. The molecule has 2 amide bonds. The Kier molecular flexibility index (Phi) is 5.41. The second-order valence-corrected chi connectivity index (χ2v) is 9.00. The molecule has 1 fully saturated rings. The SMILES string of the molecule is CC(C)CC1C(=O)NC(C)(C)C(=O)N1CCCS(C)(=O)=O. The monoisotopic (exact) mass is 318 g/mol. The van der Waals surface area contributed by atoms with Crippen molar-refractivity contribution in [3.05, 3.63) is 0 Å². The molecule has 21 heavy (non-hydrogen) atoms. The predicted octanol–water partition coefficient (Wildman–Crippen LogP) is 0.573. The van der Waals surface area contributed by atoms with Gasteiger partial charge in [0.1, 0.15) is 21.4 Å². The zero-order valence-electron chi connectivity index (χ0n) is 13.5. The smallest absolute Gasteiger partial charge is 0.248 e. The number of sulfone groups is 1. The molecule has 0 aromatic heterocycles. The second kappa shape index (κ2) is 6.34. The van der Waals surface area contributed by atoms with Gasteiger partial charge < -0.3 is 10.2 Å². The Morgan fingerprint density at radius 1 is 1.29 bits per heavy atom. The highest BCUT2D eigenvalue weighted by Crippen LogP contribution is 2.22. The molecule has 0 saturated carbocycles. The third-order valence-electron chi connectivity index (χ3n) is 3.52. The van der Waals surface area contributed by atoms with Gasteiger partial charge in [0.05, 0.1) is 5.75 Å². The van der Waals surface area contributed by atoms with E-state index in [4.69, 9.17) is 0 Å². The first-order valence-electron chi connectivity index (χ1n) is 7.25. The summed E-state index contributed by atoms with van der Waals surface area (Å²) in [6.45, 7) is 7.61. The minimum atomic E-state index is -3.06. The van der Waals surface area contributed by atoms with Crippen LogP contribution in [0.15, 0.2) is 0 Å². The summed E-state index contributed by atoms with van der Waals surface area (Å²) in [5.74, 6) is -0.0196. The Labute approximate surface area is 127 Å². The topological polar surface area (TPSA) is 83.6 Å². The van der Waals surface area contributed by atoms with E-state index in [0.717, 1.165) is 0 Å². The summed E-state index contributed by atoms with van der Waals surface area (Å²) in [4.78, 5) is 26.3. The van der Waals surface area contributed by atoms with E-state index >= 15 is 0 Å². The summed E-state index contributed by atoms with van der Waals surface area (Å²) in [7, 11) is -3.06. The summed E-state index contributed by atoms with van der Waals surface area (Å²) in [5.41, 5.74) is -0.935. The molecule has 0 bridgehead atoms. The summed E-state index contributed by atoms with van der Waals surface area (Å²) in [6, 6.07) is -0.509. The van der Waals surface area contributed by atoms with Gasteiger partial charge in [-0.05, 0) is 32.6 Å². The lowest BCUT2D eigenvalue weighted by Crippen LogP contribution is -2.68. The molecule has 0 aromatic rings. The molecule has 1 aliphatic rings. The van der Waals surface area contributed by atoms with Crippen molar-refractivity contribution in [2.24, 2.45) is 5.92 Å². The Morgan fingerprint density at radius 3 is 2.33 bits per heavy atom. The Morgan fingerprint density at radius 2 is 1.86 bits per heavy atom. The van der Waals surface area contributed by atoms with Crippen molar-refractivity contribution >= 4 is 21.7 Å². The lowest BCUT2D eigenvalue weighted by atomic mass is 9.92. The molecular formula is C14H26N2O4S. The molecule has 0 spiro atoms. The maximum absolute atomic E-state index is 12.5. The fraction of sp³-hybridized carbons (Fsp3) is 0.857. The second-order valence-electron chi connectivity index (χ2n) is 6.74. The van der Waals surface area contributed by atoms with E-state index in [0.29, 0.717) is 19.4 Å². The number of carbonyl (C=O) groups excluding carboxylic acids is 2. The lowest BCUT2D eigenvalue weighted by molar-refractivity contribution is -0.154. The van der Waals surface area contributed by atoms with Crippen molar-refractivity contribution in [1.82, 2.24) is 10.2 Å². The van der Waals surface area contributed by atoms with Gasteiger partial charge in [0.25, 0.3) is 0 Å². The van der Waals surface area contributed by atoms with Crippen molar-refractivity contribution in [2.75, 3.05) is 18.6 Å². The zero-order valence-corrected chi connectivity index (χ0v) is 14.3. The van der Waals surface area contributed by atoms with Gasteiger partial charge in [-0.25, -0.2) is 8.42 Å². The van der Waals surface area contributed by atoms with Crippen LogP contribution in [0.25, 0.3) is 0 Å². The van der Waals surface area contributed by atoms with Gasteiger partial charge in [-0.15, -0.1) is 0 Å². The minimum Gasteiger partial charge on any atom is -0.340 e. The number of hydrogen-bond acceptors (Lipinski definition) is 4. The highest BCUT2D eigenvalue weighted by atomic mass is 32.2. The van der Waals surface area contributed by atoms with Gasteiger partial charge >= 0.3 is 0 Å². The van der Waals surface area contributed by atoms with Crippen molar-refractivity contribution in [1.29, 1.82) is 0 Å². The summed E-state index contributed by atoms with van der Waals surface area (Å²) >= 11 is 0. The van der Waals surface area contributed by atoms with Crippen LogP contribution in [0.4, 0.5) is 0 Å². The molecule has 6 nitrogen and oxygen atoms in total. The van der Waals surface area contributed by atoms with Crippen LogP contribution < -0.4 is 5.32 Å². The number of piperazine rings is 1. The molecule has 1 atom stereocenters. The molecule has 1 rings (SSSR count). The van der Waals surface area contributed by atoms with Crippen LogP contribution in [0.1, 0.15) is 40.5 Å². The van der Waals surface area contributed by atoms with E-state index in [1.807, 2.05) is 13.8 Å². The van der Waals surface area contributed by atoms with Gasteiger partial charge in [-0.1, -0.05) is 13.8 Å². The minimum absolute atomic E-state index is 0.0211. The van der Waals surface area contributed by atoms with Gasteiger partial charge in [-0.3, -0.25) is 9.59 Å². The first kappa shape index (κ1) is 17.9. The van der Waals surface area contributed by atoms with Gasteiger partial charge in [0, 0.05) is 12.8 Å². The maximum Gasteiger partial charge on any atom is 0.248 e. The molecule has 0 radical (unpaired) electrons. The average molecular weight is 318 g/mol. The quantitative estimate of drug-likeness (QED) is 0.776. The number of nitrogens with one attached hydrogen (secondary N) is 1. The fourth-order valence-electron chi connectivity index (χ4n) is 2.52. The molecule has 1 saturated heterocycles. The summed E-state index contributed by atoms with van der Waals surface area (Å²) in [6.07, 6.45) is 2.10. The Hall–Kier alpha value is -1.11. The third-order valence-corrected chi connectivity index (χ3v) is 4.55. The first-order valence-corrected chi connectivity index (χ1v) is 9.31. The molecule has 1 aliphatic heterocycles. The molecular weight excluding hydrogens is 292 g/mol. The standard InChI is InChI=1S/C14H26N2O4S/c1-10(2)9-11-12(17)15-14(3,4)13(18)16(11)7-6-8-21(5,19)20/h10-11H,6-9H2,1-5H3,(H,15,17). The highest BCUT2D eigenvalue weighted by Gasteiger charge is 2.44. The van der Waals surface area contributed by atoms with Crippen LogP contribution in [0.3, 0.4) is 0 Å². The summed E-state index contributed by atoms with van der Waals surface area (Å²) < 4.78 is 22.4. The van der Waals surface area contributed by atoms with Crippen molar-refractivity contribution < 1.29 is 18.0 Å². The summed E-state index contributed by atoms with van der Waals surface area (Å²) in [5, 5.41) is 2.75. The number of hydrogen-bond donors (Lipinski definition) is 1. The van der Waals surface area contributed by atoms with Crippen LogP contribution in [-0.4, -0.2) is 55.3 Å². The average Bonchev–Trinajstić information content (AvgIpc) is 2.27. The molecule has 0 aromatic carbocycles. The van der Waals surface area contributed by atoms with Crippen molar-refractivity contribution in [3.8, 4) is 0 Å². The first-order chi connectivity index (χ1) is 9.44. The van der Waals surface area contributed by atoms with E-state index in [1.165, 1.54) is 6.26 Å². The normalized spacial score (nSPS) is 22.6. The highest BCUT2D eigenvalue weighted by molar-refractivity contribution is 7.90. The van der Waals surface area contributed by atoms with E-state index in [1.54, 1.807) is 18.7 Å². The van der Waals surface area contributed by atoms with Crippen LogP contribution in [0.2, 0.25) is 0 Å². The van der Waals surface area contributed by atoms with Crippen LogP contribution in [-0.2, 0) is 19.4 Å². The fourth-order valence-corrected chi connectivity index (χ4v) is 3.18. The lowest BCUT2D eigenvalue weighted by Gasteiger charge is -2.43. The zero-order chi connectivity index (χ0) is 16.4. The molecule has 1 unspecified atom stereocenters. The molecule has 7 heteroatoms. The molecule has 1 N–H and O–H groups in total. The number of carbonyl (C=O) groups is 2. The van der Waals surface area contributed by atoms with Gasteiger partial charge in [0.15, 0.2) is 0 Å². The number of rotatable bonds is 6. The van der Waals surface area contributed by atoms with E-state index < -0.39 is 21.4 Å². The third kappa shape index (κ3) is 4.98. The Bertz CT molecular complexity index is 511. The van der Waals surface area contributed by atoms with Crippen LogP contribution in [0, 0.1) is 5.92 Å². The Balaban J connectivity index is 2.88. The van der Waals surface area contributed by atoms with E-state index in [-0.39, 0.29) is 23.5 Å².